The molecule has 2 aromatic carbocycles. The highest BCUT2D eigenvalue weighted by Crippen LogP contribution is 2.38. The minimum absolute atomic E-state index is 0.0911. The Morgan fingerprint density at radius 1 is 1.10 bits per heavy atom. The summed E-state index contributed by atoms with van der Waals surface area (Å²) in [5.74, 6) is -0.798. The minimum atomic E-state index is -0.749. The number of hydrogen-bond donors (Lipinski definition) is 1. The molecule has 0 bridgehead atoms. The van der Waals surface area contributed by atoms with E-state index in [-0.39, 0.29) is 18.4 Å². The van der Waals surface area contributed by atoms with Crippen molar-refractivity contribution in [3.05, 3.63) is 90.0 Å². The van der Waals surface area contributed by atoms with Gasteiger partial charge in [0.1, 0.15) is 5.82 Å². The van der Waals surface area contributed by atoms with Gasteiger partial charge in [0.15, 0.2) is 0 Å². The predicted octanol–water partition coefficient (Wildman–Crippen LogP) is 3.71. The molecule has 1 saturated heterocycles. The number of carbonyl (C=O) groups is 2. The number of nitrogens with one attached hydrogen (secondary N) is 1. The van der Waals surface area contributed by atoms with Gasteiger partial charge in [-0.25, -0.2) is 4.39 Å². The molecule has 158 valence electrons. The van der Waals surface area contributed by atoms with Gasteiger partial charge in [0.05, 0.1) is 5.41 Å². The molecular weight excluding hydrogens is 393 g/mol. The molecule has 1 N–H and O–H groups in total. The van der Waals surface area contributed by atoms with Crippen molar-refractivity contribution in [3.63, 3.8) is 0 Å². The zero-order valence-electron chi connectivity index (χ0n) is 17.3. The van der Waals surface area contributed by atoms with E-state index in [1.807, 2.05) is 36.4 Å². The first-order chi connectivity index (χ1) is 15.0. The number of likely N-dealkylation sites (tertiary alicyclic amines) is 1. The van der Waals surface area contributed by atoms with E-state index in [2.05, 4.69) is 10.3 Å². The zero-order valence-corrected chi connectivity index (χ0v) is 17.3. The van der Waals surface area contributed by atoms with Crippen LogP contribution in [0.5, 0.6) is 0 Å². The Hall–Kier alpha value is -3.54. The Balaban J connectivity index is 1.64. The van der Waals surface area contributed by atoms with E-state index < -0.39 is 11.2 Å². The Kier molecular flexibility index (Phi) is 5.80. The van der Waals surface area contributed by atoms with Gasteiger partial charge >= 0.3 is 0 Å². The maximum Gasteiger partial charge on any atom is 0.253 e. The van der Waals surface area contributed by atoms with Crippen LogP contribution in [0.1, 0.15) is 22.3 Å². The number of amides is 2. The summed E-state index contributed by atoms with van der Waals surface area (Å²) in [4.78, 5) is 31.7. The topological polar surface area (TPSA) is 62.3 Å². The maximum absolute atomic E-state index is 13.6. The highest BCUT2D eigenvalue weighted by molar-refractivity contribution is 5.95. The van der Waals surface area contributed by atoms with Gasteiger partial charge in [0.2, 0.25) is 5.91 Å². The summed E-state index contributed by atoms with van der Waals surface area (Å²) >= 11 is 0. The molecule has 4 rings (SSSR count). The average Bonchev–Trinajstić information content (AvgIpc) is 3.24. The van der Waals surface area contributed by atoms with E-state index in [0.29, 0.717) is 24.9 Å². The quantitative estimate of drug-likeness (QED) is 0.689. The fraction of sp³-hybridized carbons (Fsp3) is 0.240. The number of carbonyl (C=O) groups excluding carboxylic acids is 2. The summed E-state index contributed by atoms with van der Waals surface area (Å²) in [5.41, 5.74) is 2.66. The molecule has 0 saturated carbocycles. The van der Waals surface area contributed by atoms with Gasteiger partial charge in [-0.2, -0.15) is 0 Å². The van der Waals surface area contributed by atoms with Crippen molar-refractivity contribution < 1.29 is 14.0 Å². The zero-order chi connectivity index (χ0) is 21.8. The highest BCUT2D eigenvalue weighted by atomic mass is 19.1. The fourth-order valence-corrected chi connectivity index (χ4v) is 4.38. The number of aromatic nitrogens is 1. The molecule has 6 heteroatoms. The van der Waals surface area contributed by atoms with E-state index >= 15 is 0 Å². The Morgan fingerprint density at radius 2 is 1.87 bits per heavy atom. The highest BCUT2D eigenvalue weighted by Gasteiger charge is 2.46. The second-order valence-electron chi connectivity index (χ2n) is 7.92. The van der Waals surface area contributed by atoms with Crippen LogP contribution in [0.4, 0.5) is 4.39 Å². The van der Waals surface area contributed by atoms with Crippen LogP contribution in [0, 0.1) is 11.2 Å². The lowest BCUT2D eigenvalue weighted by Gasteiger charge is -2.28. The molecule has 1 fully saturated rings. The number of halogens is 1. The van der Waals surface area contributed by atoms with Gasteiger partial charge in [0.25, 0.3) is 5.91 Å². The molecule has 1 aliphatic heterocycles. The van der Waals surface area contributed by atoms with Crippen LogP contribution >= 0.6 is 0 Å². The van der Waals surface area contributed by atoms with Gasteiger partial charge in [-0.05, 0) is 59.9 Å². The van der Waals surface area contributed by atoms with E-state index in [1.165, 1.54) is 18.2 Å². The summed E-state index contributed by atoms with van der Waals surface area (Å²) < 4.78 is 13.6. The van der Waals surface area contributed by atoms with Crippen LogP contribution < -0.4 is 5.32 Å². The molecule has 1 aromatic heterocycles. The summed E-state index contributed by atoms with van der Waals surface area (Å²) in [5, 5.41) is 2.79. The fourth-order valence-electron chi connectivity index (χ4n) is 4.38. The van der Waals surface area contributed by atoms with Crippen LogP contribution in [0.15, 0.2) is 73.1 Å². The molecule has 1 atom stereocenters. The number of benzene rings is 2. The second kappa shape index (κ2) is 8.68. The van der Waals surface area contributed by atoms with Crippen LogP contribution in [-0.4, -0.2) is 41.8 Å². The lowest BCUT2D eigenvalue weighted by molar-refractivity contribution is -0.129. The van der Waals surface area contributed by atoms with E-state index in [0.717, 1.165) is 16.7 Å². The molecule has 0 radical (unpaired) electrons. The first-order valence-electron chi connectivity index (χ1n) is 10.3. The van der Waals surface area contributed by atoms with Crippen molar-refractivity contribution in [2.75, 3.05) is 20.1 Å². The lowest BCUT2D eigenvalue weighted by atomic mass is 9.78. The first kappa shape index (κ1) is 20.7. The van der Waals surface area contributed by atoms with Crippen LogP contribution in [-0.2, 0) is 11.2 Å². The number of hydrogen-bond acceptors (Lipinski definition) is 3. The summed E-state index contributed by atoms with van der Waals surface area (Å²) in [6, 6.07) is 17.6. The van der Waals surface area contributed by atoms with Crippen molar-refractivity contribution in [1.82, 2.24) is 15.2 Å². The SMILES string of the molecule is CNC(=O)[C@]1(Cc2ccccc2-c2ccncc2)CCN(C(=O)c2cccc(F)c2)C1. The van der Waals surface area contributed by atoms with Gasteiger partial charge in [0, 0.05) is 38.1 Å². The monoisotopic (exact) mass is 417 g/mol. The largest absolute Gasteiger partial charge is 0.359 e. The molecule has 3 aromatic rings. The summed E-state index contributed by atoms with van der Waals surface area (Å²) in [7, 11) is 1.62. The van der Waals surface area contributed by atoms with E-state index in [9.17, 15) is 14.0 Å². The Bertz CT molecular complexity index is 1100. The van der Waals surface area contributed by atoms with Crippen LogP contribution in [0.2, 0.25) is 0 Å². The molecule has 2 amide bonds. The standard InChI is InChI=1S/C25H24FN3O2/c1-27-24(31)25(11-14-29(17-25)23(30)19-6-4-7-21(26)15-19)16-20-5-2-3-8-22(20)18-9-12-28-13-10-18/h2-10,12-13,15H,11,14,16-17H2,1H3,(H,27,31)/t25-/m0/s1. The molecule has 2 heterocycles. The lowest BCUT2D eigenvalue weighted by Crippen LogP contribution is -2.44. The molecule has 0 aliphatic carbocycles. The smallest absolute Gasteiger partial charge is 0.253 e. The van der Waals surface area contributed by atoms with Crippen LogP contribution in [0.25, 0.3) is 11.1 Å². The molecule has 1 aliphatic rings. The number of pyridine rings is 1. The van der Waals surface area contributed by atoms with Gasteiger partial charge in [-0.1, -0.05) is 30.3 Å². The Morgan fingerprint density at radius 3 is 2.61 bits per heavy atom. The van der Waals surface area contributed by atoms with Crippen molar-refractivity contribution in [3.8, 4) is 11.1 Å². The van der Waals surface area contributed by atoms with Gasteiger partial charge < -0.3 is 10.2 Å². The summed E-state index contributed by atoms with van der Waals surface area (Å²) in [6.45, 7) is 0.729. The third kappa shape index (κ3) is 4.19. The number of nitrogens with zero attached hydrogens (tertiary/aromatic N) is 2. The maximum atomic E-state index is 13.6. The molecule has 0 spiro atoms. The third-order valence-corrected chi connectivity index (χ3v) is 5.96. The van der Waals surface area contributed by atoms with Crippen molar-refractivity contribution >= 4 is 11.8 Å². The van der Waals surface area contributed by atoms with E-state index in [1.54, 1.807) is 30.4 Å². The first-order valence-corrected chi connectivity index (χ1v) is 10.3. The van der Waals surface area contributed by atoms with E-state index in [4.69, 9.17) is 0 Å². The average molecular weight is 417 g/mol. The Labute approximate surface area is 180 Å². The van der Waals surface area contributed by atoms with Gasteiger partial charge in [-0.15, -0.1) is 0 Å². The van der Waals surface area contributed by atoms with Crippen molar-refractivity contribution in [2.45, 2.75) is 12.8 Å². The van der Waals surface area contributed by atoms with Crippen molar-refractivity contribution in [2.24, 2.45) is 5.41 Å². The summed E-state index contributed by atoms with van der Waals surface area (Å²) in [6.07, 6.45) is 4.53. The molecular formula is C25H24FN3O2. The molecule has 0 unspecified atom stereocenters. The molecule has 31 heavy (non-hydrogen) atoms. The molecule has 5 nitrogen and oxygen atoms in total. The third-order valence-electron chi connectivity index (χ3n) is 5.96. The predicted molar refractivity (Wildman–Crippen MR) is 117 cm³/mol. The normalized spacial score (nSPS) is 18.1. The minimum Gasteiger partial charge on any atom is -0.359 e. The second-order valence-corrected chi connectivity index (χ2v) is 7.92. The number of rotatable bonds is 5. The van der Waals surface area contributed by atoms with Crippen LogP contribution in [0.3, 0.4) is 0 Å². The van der Waals surface area contributed by atoms with Gasteiger partial charge in [-0.3, -0.25) is 14.6 Å². The van der Waals surface area contributed by atoms with Crippen molar-refractivity contribution in [1.29, 1.82) is 0 Å².